The molecule has 0 saturated heterocycles. The summed E-state index contributed by atoms with van der Waals surface area (Å²) >= 11 is 0. The summed E-state index contributed by atoms with van der Waals surface area (Å²) in [5.41, 5.74) is -0.412. The largest absolute Gasteiger partial charge is 0.545 e. The molecular formula is C35H59N3O6Si. The molecule has 2 amide bonds. The number of nitrogens with one attached hydrogen (secondary N) is 3. The summed E-state index contributed by atoms with van der Waals surface area (Å²) in [6, 6.07) is 7.38. The molecule has 0 heterocycles. The molecule has 1 rings (SSSR count). The molecule has 0 aliphatic heterocycles. The summed E-state index contributed by atoms with van der Waals surface area (Å²) in [6.45, 7) is 30.1. The molecule has 0 aromatic heterocycles. The highest BCUT2D eigenvalue weighted by Gasteiger charge is 2.40. The third-order valence-corrected chi connectivity index (χ3v) is 11.7. The van der Waals surface area contributed by atoms with Crippen LogP contribution in [0.25, 0.3) is 0 Å². The van der Waals surface area contributed by atoms with Crippen molar-refractivity contribution in [1.82, 2.24) is 16.0 Å². The molecule has 0 aliphatic carbocycles. The predicted octanol–water partition coefficient (Wildman–Crippen LogP) is 6.80. The van der Waals surface area contributed by atoms with E-state index in [1.165, 1.54) is 0 Å². The molecule has 254 valence electrons. The SMILES string of the molecule is C=C[C@H](N[C@@H](CCCCNC(=O)OC(C)(C)C)C(=O)N[C@@H](Cc1ccccc1)C(=O)OC(C)(C)C)C(=C)O[Si](C)(C)C(C)(C)C. The van der Waals surface area contributed by atoms with Gasteiger partial charge in [-0.15, -0.1) is 6.58 Å². The van der Waals surface area contributed by atoms with Crippen LogP contribution < -0.4 is 16.0 Å². The highest BCUT2D eigenvalue weighted by molar-refractivity contribution is 6.74. The van der Waals surface area contributed by atoms with Crippen molar-refractivity contribution in [3.63, 3.8) is 0 Å². The average Bonchev–Trinajstić information content (AvgIpc) is 2.87. The molecular weight excluding hydrogens is 586 g/mol. The summed E-state index contributed by atoms with van der Waals surface area (Å²) in [7, 11) is -2.20. The van der Waals surface area contributed by atoms with Gasteiger partial charge in [0.25, 0.3) is 0 Å². The van der Waals surface area contributed by atoms with Gasteiger partial charge in [0.2, 0.25) is 14.2 Å². The normalized spacial score (nSPS) is 14.4. The van der Waals surface area contributed by atoms with Gasteiger partial charge in [-0.25, -0.2) is 9.59 Å². The minimum absolute atomic E-state index is 0.0440. The minimum Gasteiger partial charge on any atom is -0.545 e. The summed E-state index contributed by atoms with van der Waals surface area (Å²) < 4.78 is 17.4. The van der Waals surface area contributed by atoms with E-state index in [2.05, 4.69) is 63.0 Å². The van der Waals surface area contributed by atoms with E-state index in [0.29, 0.717) is 31.6 Å². The predicted molar refractivity (Wildman–Crippen MR) is 184 cm³/mol. The van der Waals surface area contributed by atoms with Gasteiger partial charge >= 0.3 is 12.1 Å². The average molecular weight is 646 g/mol. The van der Waals surface area contributed by atoms with Gasteiger partial charge in [-0.05, 0) is 84.5 Å². The van der Waals surface area contributed by atoms with Crippen molar-refractivity contribution in [3.8, 4) is 0 Å². The van der Waals surface area contributed by atoms with Crippen LogP contribution in [0.2, 0.25) is 18.1 Å². The monoisotopic (exact) mass is 645 g/mol. The van der Waals surface area contributed by atoms with Crippen LogP contribution in [0, 0.1) is 0 Å². The van der Waals surface area contributed by atoms with Gasteiger partial charge in [0.05, 0.1) is 17.8 Å². The third-order valence-electron chi connectivity index (χ3n) is 7.35. The van der Waals surface area contributed by atoms with Gasteiger partial charge in [0.15, 0.2) is 0 Å². The zero-order valence-electron chi connectivity index (χ0n) is 29.6. The molecule has 0 fully saturated rings. The first-order chi connectivity index (χ1) is 20.5. The Hall–Kier alpha value is -3.11. The Labute approximate surface area is 273 Å². The van der Waals surface area contributed by atoms with E-state index in [-0.39, 0.29) is 17.4 Å². The first-order valence-corrected chi connectivity index (χ1v) is 18.8. The summed E-state index contributed by atoms with van der Waals surface area (Å²) in [6.07, 6.45) is 3.11. The van der Waals surface area contributed by atoms with Crippen molar-refractivity contribution < 1.29 is 28.3 Å². The first-order valence-electron chi connectivity index (χ1n) is 15.8. The number of hydrogen-bond acceptors (Lipinski definition) is 7. The van der Waals surface area contributed by atoms with Crippen molar-refractivity contribution in [2.45, 2.75) is 135 Å². The number of unbranched alkanes of at least 4 members (excludes halogenated alkanes) is 1. The molecule has 1 aromatic rings. The standard InChI is InChI=1S/C35H59N3O6Si/c1-14-27(25(2)44-45(12,13)35(9,10)11)37-28(22-18-19-23-36-32(41)43-34(6,7)8)30(39)38-29(31(40)42-33(3,4)5)24-26-20-16-15-17-21-26/h14-17,20-21,27-29,37H,1-2,18-19,22-24H2,3-13H3,(H,36,41)(H,38,39)/t27-,28-,29-/m0/s1. The molecule has 0 spiro atoms. The maximum Gasteiger partial charge on any atom is 0.407 e. The van der Waals surface area contributed by atoms with Crippen molar-refractivity contribution in [1.29, 1.82) is 0 Å². The Morgan fingerprint density at radius 2 is 1.47 bits per heavy atom. The van der Waals surface area contributed by atoms with Gasteiger partial charge in [0.1, 0.15) is 17.2 Å². The maximum atomic E-state index is 13.9. The van der Waals surface area contributed by atoms with Crippen LogP contribution in [0.1, 0.15) is 87.1 Å². The molecule has 10 heteroatoms. The smallest absolute Gasteiger partial charge is 0.407 e. The van der Waals surface area contributed by atoms with Crippen molar-refractivity contribution >= 4 is 26.3 Å². The van der Waals surface area contributed by atoms with Gasteiger partial charge < -0.3 is 24.5 Å². The van der Waals surface area contributed by atoms with Crippen LogP contribution >= 0.6 is 0 Å². The lowest BCUT2D eigenvalue weighted by molar-refractivity contribution is -0.158. The molecule has 0 saturated carbocycles. The second kappa shape index (κ2) is 17.0. The quantitative estimate of drug-likeness (QED) is 0.0596. The Morgan fingerprint density at radius 3 is 1.98 bits per heavy atom. The van der Waals surface area contributed by atoms with Crippen LogP contribution in [0.4, 0.5) is 4.79 Å². The molecule has 0 unspecified atom stereocenters. The molecule has 0 aliphatic rings. The molecule has 3 N–H and O–H groups in total. The Bertz CT molecular complexity index is 1130. The Morgan fingerprint density at radius 1 is 0.889 bits per heavy atom. The van der Waals surface area contributed by atoms with E-state index >= 15 is 0 Å². The number of rotatable bonds is 16. The highest BCUT2D eigenvalue weighted by Crippen LogP contribution is 2.38. The summed E-state index contributed by atoms with van der Waals surface area (Å²) in [5.74, 6) is -0.367. The molecule has 9 nitrogen and oxygen atoms in total. The van der Waals surface area contributed by atoms with E-state index in [0.717, 1.165) is 5.56 Å². The lowest BCUT2D eigenvalue weighted by atomic mass is 10.0. The number of benzene rings is 1. The Kier molecular flexibility index (Phi) is 15.1. The Balaban J connectivity index is 3.17. The number of carbonyl (C=O) groups is 3. The van der Waals surface area contributed by atoms with E-state index < -0.39 is 49.7 Å². The van der Waals surface area contributed by atoms with Crippen LogP contribution in [0.5, 0.6) is 0 Å². The van der Waals surface area contributed by atoms with E-state index in [4.69, 9.17) is 13.9 Å². The van der Waals surface area contributed by atoms with Crippen LogP contribution in [-0.2, 0) is 29.9 Å². The molecule has 1 aromatic carbocycles. The topological polar surface area (TPSA) is 115 Å². The zero-order chi connectivity index (χ0) is 34.6. The number of hydrogen-bond donors (Lipinski definition) is 3. The van der Waals surface area contributed by atoms with E-state index in [9.17, 15) is 14.4 Å². The van der Waals surface area contributed by atoms with Crippen molar-refractivity contribution in [3.05, 3.63) is 60.9 Å². The highest BCUT2D eigenvalue weighted by atomic mass is 28.4. The van der Waals surface area contributed by atoms with Gasteiger partial charge in [0, 0.05) is 13.0 Å². The van der Waals surface area contributed by atoms with Gasteiger partial charge in [-0.2, -0.15) is 0 Å². The number of ether oxygens (including phenoxy) is 2. The van der Waals surface area contributed by atoms with E-state index in [1.807, 2.05) is 51.1 Å². The lowest BCUT2D eigenvalue weighted by Gasteiger charge is -2.39. The molecule has 0 radical (unpaired) electrons. The van der Waals surface area contributed by atoms with E-state index in [1.54, 1.807) is 26.8 Å². The van der Waals surface area contributed by atoms with Crippen molar-refractivity contribution in [2.75, 3.05) is 6.54 Å². The number of carbonyl (C=O) groups excluding carboxylic acids is 3. The lowest BCUT2D eigenvalue weighted by Crippen LogP contribution is -2.54. The number of esters is 1. The number of amides is 2. The maximum absolute atomic E-state index is 13.9. The first kappa shape index (κ1) is 39.9. The van der Waals surface area contributed by atoms with Crippen LogP contribution in [-0.4, -0.2) is 62.2 Å². The fourth-order valence-electron chi connectivity index (χ4n) is 4.01. The van der Waals surface area contributed by atoms with Crippen molar-refractivity contribution in [2.24, 2.45) is 0 Å². The molecule has 0 bridgehead atoms. The van der Waals surface area contributed by atoms with Gasteiger partial charge in [-0.1, -0.05) is 63.8 Å². The minimum atomic E-state index is -2.20. The summed E-state index contributed by atoms with van der Waals surface area (Å²) in [4.78, 5) is 39.2. The van der Waals surface area contributed by atoms with Crippen LogP contribution in [0.3, 0.4) is 0 Å². The molecule has 45 heavy (non-hydrogen) atoms. The second-order valence-electron chi connectivity index (χ2n) is 15.0. The molecule has 3 atom stereocenters. The van der Waals surface area contributed by atoms with Gasteiger partial charge in [-0.3, -0.25) is 10.1 Å². The number of alkyl carbamates (subject to hydrolysis) is 1. The third kappa shape index (κ3) is 15.6. The fraction of sp³-hybridized carbons (Fsp3) is 0.629. The zero-order valence-corrected chi connectivity index (χ0v) is 30.6. The van der Waals surface area contributed by atoms with Crippen LogP contribution in [0.15, 0.2) is 55.3 Å². The fourth-order valence-corrected chi connectivity index (χ4v) is 5.10. The second-order valence-corrected chi connectivity index (χ2v) is 19.7. The summed E-state index contributed by atoms with van der Waals surface area (Å²) in [5, 5.41) is 9.04.